The van der Waals surface area contributed by atoms with E-state index >= 15 is 0 Å². The molecule has 1 aromatic heterocycles. The van der Waals surface area contributed by atoms with Gasteiger partial charge in [-0.2, -0.15) is 0 Å². The smallest absolute Gasteiger partial charge is 0.338 e. The van der Waals surface area contributed by atoms with Gasteiger partial charge >= 0.3 is 5.97 Å². The van der Waals surface area contributed by atoms with Crippen LogP contribution in [0, 0.1) is 0 Å². The molecule has 76 valence electrons. The molecule has 0 aliphatic heterocycles. The third kappa shape index (κ3) is 1.99. The van der Waals surface area contributed by atoms with Crippen LogP contribution >= 0.6 is 0 Å². The van der Waals surface area contributed by atoms with Crippen molar-refractivity contribution in [3.05, 3.63) is 23.7 Å². The van der Waals surface area contributed by atoms with Gasteiger partial charge < -0.3 is 9.52 Å². The molecule has 0 spiro atoms. The molecule has 0 aromatic carbocycles. The summed E-state index contributed by atoms with van der Waals surface area (Å²) in [5, 5.41) is 8.52. The molecule has 4 nitrogen and oxygen atoms in total. The molecule has 0 amide bonds. The van der Waals surface area contributed by atoms with Gasteiger partial charge in [0, 0.05) is 6.07 Å². The molecule has 0 saturated carbocycles. The largest absolute Gasteiger partial charge is 0.478 e. The predicted octanol–water partition coefficient (Wildman–Crippen LogP) is 1.91. The minimum absolute atomic E-state index is 0.169. The monoisotopic (exact) mass is 200 g/mol. The Kier molecular flexibility index (Phi) is 2.42. The van der Waals surface area contributed by atoms with Crippen molar-refractivity contribution in [1.29, 1.82) is 0 Å². The molecular weight excluding hydrogens is 191 g/mol. The highest BCUT2D eigenvalue weighted by atomic mass is 19.1. The summed E-state index contributed by atoms with van der Waals surface area (Å²) in [7, 11) is 0. The Morgan fingerprint density at radius 2 is 2.07 bits per heavy atom. The molecule has 0 bridgehead atoms. The summed E-state index contributed by atoms with van der Waals surface area (Å²) >= 11 is 0. The van der Waals surface area contributed by atoms with E-state index in [4.69, 9.17) is 5.11 Å². The summed E-state index contributed by atoms with van der Waals surface area (Å²) in [5.74, 6) is -2.37. The molecule has 0 aliphatic rings. The lowest BCUT2D eigenvalue weighted by atomic mass is 10.0. The number of hydrogen-bond acceptors (Lipinski definition) is 3. The fourth-order valence-electron chi connectivity index (χ4n) is 0.860. The van der Waals surface area contributed by atoms with Gasteiger partial charge in [-0.15, -0.1) is 0 Å². The highest BCUT2D eigenvalue weighted by molar-refractivity contribution is 6.01. The van der Waals surface area contributed by atoms with Crippen molar-refractivity contribution in [3.8, 4) is 0 Å². The lowest BCUT2D eigenvalue weighted by molar-refractivity contribution is 0.0695. The van der Waals surface area contributed by atoms with Crippen LogP contribution in [0.25, 0.3) is 0 Å². The van der Waals surface area contributed by atoms with Crippen LogP contribution in [0.5, 0.6) is 0 Å². The molecule has 1 rings (SSSR count). The van der Waals surface area contributed by atoms with Crippen LogP contribution in [0.4, 0.5) is 4.39 Å². The van der Waals surface area contributed by atoms with E-state index in [1.165, 1.54) is 0 Å². The first-order chi connectivity index (χ1) is 6.32. The van der Waals surface area contributed by atoms with Crippen LogP contribution in [0.1, 0.15) is 34.8 Å². The molecule has 1 aromatic rings. The third-order valence-electron chi connectivity index (χ3n) is 1.61. The lowest BCUT2D eigenvalue weighted by Gasteiger charge is -2.09. The zero-order valence-electron chi connectivity index (χ0n) is 7.70. The molecule has 0 aliphatic carbocycles. The Balaban J connectivity index is 2.99. The summed E-state index contributed by atoms with van der Waals surface area (Å²) in [5.41, 5.74) is -2.23. The number of carboxylic acids is 1. The normalized spacial score (nSPS) is 11.4. The van der Waals surface area contributed by atoms with Crippen LogP contribution in [0.3, 0.4) is 0 Å². The van der Waals surface area contributed by atoms with Crippen molar-refractivity contribution in [2.75, 3.05) is 0 Å². The molecule has 0 radical (unpaired) electrons. The standard InChI is InChI=1S/C9H9FO4/c1-9(2,10)7(11)6-3-5(4-14-6)8(12)13/h3-4H,1-2H3,(H,12,13). The first-order valence-electron chi connectivity index (χ1n) is 3.88. The minimum atomic E-state index is -2.06. The van der Waals surface area contributed by atoms with E-state index in [0.717, 1.165) is 26.2 Å². The van der Waals surface area contributed by atoms with Crippen molar-refractivity contribution in [3.63, 3.8) is 0 Å². The Morgan fingerprint density at radius 3 is 2.43 bits per heavy atom. The van der Waals surface area contributed by atoms with Gasteiger partial charge in [-0.05, 0) is 13.8 Å². The van der Waals surface area contributed by atoms with Gasteiger partial charge in [-0.25, -0.2) is 9.18 Å². The number of carboxylic acid groups (broad SMARTS) is 1. The number of hydrogen-bond donors (Lipinski definition) is 1. The first kappa shape index (κ1) is 10.4. The predicted molar refractivity (Wildman–Crippen MR) is 45.2 cm³/mol. The van der Waals surface area contributed by atoms with Crippen LogP contribution in [0.2, 0.25) is 0 Å². The van der Waals surface area contributed by atoms with Crippen LogP contribution in [-0.2, 0) is 0 Å². The molecule has 0 saturated heterocycles. The molecule has 0 fully saturated rings. The van der Waals surface area contributed by atoms with E-state index in [9.17, 15) is 14.0 Å². The van der Waals surface area contributed by atoms with Gasteiger partial charge in [0.25, 0.3) is 0 Å². The molecular formula is C9H9FO4. The van der Waals surface area contributed by atoms with Gasteiger partial charge in [-0.3, -0.25) is 4.79 Å². The first-order valence-corrected chi connectivity index (χ1v) is 3.88. The summed E-state index contributed by atoms with van der Waals surface area (Å²) < 4.78 is 17.8. The second kappa shape index (κ2) is 3.25. The fourth-order valence-corrected chi connectivity index (χ4v) is 0.860. The molecule has 14 heavy (non-hydrogen) atoms. The quantitative estimate of drug-likeness (QED) is 0.756. The van der Waals surface area contributed by atoms with Crippen molar-refractivity contribution in [1.82, 2.24) is 0 Å². The van der Waals surface area contributed by atoms with Gasteiger partial charge in [0.15, 0.2) is 11.4 Å². The van der Waals surface area contributed by atoms with E-state index in [1.54, 1.807) is 0 Å². The van der Waals surface area contributed by atoms with E-state index < -0.39 is 17.4 Å². The number of aromatic carboxylic acids is 1. The minimum Gasteiger partial charge on any atom is -0.478 e. The summed E-state index contributed by atoms with van der Waals surface area (Å²) in [6, 6.07) is 1.01. The van der Waals surface area contributed by atoms with Crippen molar-refractivity contribution < 1.29 is 23.5 Å². The van der Waals surface area contributed by atoms with Gasteiger partial charge in [0.1, 0.15) is 6.26 Å². The Bertz CT molecular complexity index is 372. The van der Waals surface area contributed by atoms with Crippen LogP contribution in [-0.4, -0.2) is 22.5 Å². The van der Waals surface area contributed by atoms with Gasteiger partial charge in [0.05, 0.1) is 5.56 Å². The van der Waals surface area contributed by atoms with Crippen LogP contribution in [0.15, 0.2) is 16.7 Å². The van der Waals surface area contributed by atoms with Crippen LogP contribution < -0.4 is 0 Å². The van der Waals surface area contributed by atoms with Gasteiger partial charge in [-0.1, -0.05) is 0 Å². The maximum atomic E-state index is 13.1. The number of carbonyl (C=O) groups is 2. The SMILES string of the molecule is CC(C)(F)C(=O)c1cc(C(=O)O)co1. The summed E-state index contributed by atoms with van der Waals surface area (Å²) in [6.07, 6.45) is 0.904. The number of Topliss-reactive ketones (excluding diaryl/α,β-unsaturated/α-hetero) is 1. The Hall–Kier alpha value is -1.65. The Morgan fingerprint density at radius 1 is 1.50 bits per heavy atom. The summed E-state index contributed by atoms with van der Waals surface area (Å²) in [4.78, 5) is 21.7. The highest BCUT2D eigenvalue weighted by Crippen LogP contribution is 2.18. The van der Waals surface area contributed by atoms with E-state index in [2.05, 4.69) is 4.42 Å². The second-order valence-corrected chi connectivity index (χ2v) is 3.31. The molecule has 1 heterocycles. The topological polar surface area (TPSA) is 67.5 Å². The number of halogens is 1. The third-order valence-corrected chi connectivity index (χ3v) is 1.61. The molecule has 1 N–H and O–H groups in total. The van der Waals surface area contributed by atoms with Crippen molar-refractivity contribution >= 4 is 11.8 Å². The number of carbonyl (C=O) groups excluding carboxylic acids is 1. The van der Waals surface area contributed by atoms with E-state index in [1.807, 2.05) is 0 Å². The van der Waals surface area contributed by atoms with E-state index in [-0.39, 0.29) is 11.3 Å². The van der Waals surface area contributed by atoms with Crippen molar-refractivity contribution in [2.45, 2.75) is 19.5 Å². The van der Waals surface area contributed by atoms with E-state index in [0.29, 0.717) is 0 Å². The maximum Gasteiger partial charge on any atom is 0.338 e. The molecule has 0 unspecified atom stereocenters. The fraction of sp³-hybridized carbons (Fsp3) is 0.333. The highest BCUT2D eigenvalue weighted by Gasteiger charge is 2.30. The average molecular weight is 200 g/mol. The number of alkyl halides is 1. The average Bonchev–Trinajstić information content (AvgIpc) is 2.48. The second-order valence-electron chi connectivity index (χ2n) is 3.31. The zero-order valence-corrected chi connectivity index (χ0v) is 7.70. The number of furan rings is 1. The molecule has 0 atom stereocenters. The summed E-state index contributed by atoms with van der Waals surface area (Å²) in [6.45, 7) is 2.16. The number of ketones is 1. The zero-order chi connectivity index (χ0) is 10.9. The Labute approximate surface area is 79.3 Å². The lowest BCUT2D eigenvalue weighted by Crippen LogP contribution is -2.25. The number of rotatable bonds is 3. The van der Waals surface area contributed by atoms with Gasteiger partial charge in [0.2, 0.25) is 5.78 Å². The van der Waals surface area contributed by atoms with Crippen molar-refractivity contribution in [2.24, 2.45) is 0 Å². The maximum absolute atomic E-state index is 13.1. The molecule has 5 heteroatoms.